The Labute approximate surface area is 217 Å². The number of ether oxygens (including phenoxy) is 3. The summed E-state index contributed by atoms with van der Waals surface area (Å²) in [6, 6.07) is 7.55. The molecule has 1 rings (SSSR count). The monoisotopic (exact) mass is 565 g/mol. The summed E-state index contributed by atoms with van der Waals surface area (Å²) < 4.78 is 51.6. The number of amides is 1. The number of hydrogen-bond acceptors (Lipinski definition) is 10. The lowest BCUT2D eigenvalue weighted by Crippen LogP contribution is -2.42. The maximum absolute atomic E-state index is 13.4. The van der Waals surface area contributed by atoms with Gasteiger partial charge in [-0.15, -0.1) is 0 Å². The normalized spacial score (nSPS) is 14.6. The van der Waals surface area contributed by atoms with Crippen molar-refractivity contribution in [3.8, 4) is 0 Å². The zero-order valence-corrected chi connectivity index (χ0v) is 23.4. The van der Waals surface area contributed by atoms with Gasteiger partial charge in [0.05, 0.1) is 45.2 Å². The molecule has 12 nitrogen and oxygen atoms in total. The van der Waals surface area contributed by atoms with Crippen LogP contribution in [0.25, 0.3) is 0 Å². The summed E-state index contributed by atoms with van der Waals surface area (Å²) in [5.41, 5.74) is -0.610. The van der Waals surface area contributed by atoms with Crippen molar-refractivity contribution < 1.29 is 51.7 Å². The summed E-state index contributed by atoms with van der Waals surface area (Å²) in [5.74, 6) is -1.61. The van der Waals surface area contributed by atoms with Gasteiger partial charge in [0.25, 0.3) is 0 Å². The topological polar surface area (TPSA) is 164 Å². The van der Waals surface area contributed by atoms with E-state index in [9.17, 15) is 28.4 Å². The number of esters is 2. The Kier molecular flexibility index (Phi) is 14.7. The van der Waals surface area contributed by atoms with E-state index in [-0.39, 0.29) is 32.8 Å². The van der Waals surface area contributed by atoms with E-state index in [0.29, 0.717) is 0 Å². The Morgan fingerprint density at radius 3 is 2.14 bits per heavy atom. The summed E-state index contributed by atoms with van der Waals surface area (Å²) >= 11 is 0. The minimum absolute atomic E-state index is 0.0264. The van der Waals surface area contributed by atoms with Crippen LogP contribution in [-0.2, 0) is 48.6 Å². The third kappa shape index (κ3) is 12.2. The second-order valence-corrected chi connectivity index (χ2v) is 12.6. The van der Waals surface area contributed by atoms with Crippen molar-refractivity contribution in [3.05, 3.63) is 35.9 Å². The van der Waals surface area contributed by atoms with Crippen LogP contribution in [0.3, 0.4) is 0 Å². The third-order valence-electron chi connectivity index (χ3n) is 5.09. The van der Waals surface area contributed by atoms with E-state index in [1.165, 1.54) is 0 Å². The third-order valence-corrected chi connectivity index (χ3v) is 9.98. The summed E-state index contributed by atoms with van der Waals surface area (Å²) in [7, 11) is -6.96. The predicted molar refractivity (Wildman–Crippen MR) is 136 cm³/mol. The first-order valence-corrected chi connectivity index (χ1v) is 15.5. The molecule has 37 heavy (non-hydrogen) atoms. The van der Waals surface area contributed by atoms with Crippen LogP contribution in [0.2, 0.25) is 0 Å². The summed E-state index contributed by atoms with van der Waals surface area (Å²) in [4.78, 5) is 47.6. The SMILES string of the molecule is CCOC(=O)CC(CP(=O)(OCC)OCC)P(=O)(O)CC[C@@H](NC(=O)OCc1ccccc1)C(=O)OC. The molecule has 0 aliphatic heterocycles. The van der Waals surface area contributed by atoms with Crippen LogP contribution in [0.15, 0.2) is 30.3 Å². The largest absolute Gasteiger partial charge is 0.467 e. The zero-order chi connectivity index (χ0) is 27.9. The molecule has 1 aromatic carbocycles. The molecule has 1 aromatic rings. The van der Waals surface area contributed by atoms with E-state index in [0.717, 1.165) is 12.7 Å². The molecule has 1 amide bonds. The van der Waals surface area contributed by atoms with Crippen molar-refractivity contribution >= 4 is 33.0 Å². The maximum Gasteiger partial charge on any atom is 0.408 e. The van der Waals surface area contributed by atoms with E-state index in [4.69, 9.17) is 23.3 Å². The molecular weight excluding hydrogens is 528 g/mol. The molecule has 2 unspecified atom stereocenters. The van der Waals surface area contributed by atoms with Gasteiger partial charge in [-0.3, -0.25) is 13.9 Å². The lowest BCUT2D eigenvalue weighted by molar-refractivity contribution is -0.144. The van der Waals surface area contributed by atoms with E-state index in [1.54, 1.807) is 51.1 Å². The van der Waals surface area contributed by atoms with Gasteiger partial charge in [-0.2, -0.15) is 0 Å². The number of methoxy groups -OCH3 is 1. The number of rotatable bonds is 17. The molecule has 0 heterocycles. The second-order valence-electron chi connectivity index (χ2n) is 7.84. The molecular formula is C23H37NO11P2. The van der Waals surface area contributed by atoms with Crippen molar-refractivity contribution in [2.45, 2.75) is 51.9 Å². The Bertz CT molecular complexity index is 947. The minimum Gasteiger partial charge on any atom is -0.467 e. The first-order chi connectivity index (χ1) is 17.5. The van der Waals surface area contributed by atoms with Crippen LogP contribution in [0.4, 0.5) is 4.79 Å². The average Bonchev–Trinajstić information content (AvgIpc) is 2.85. The Morgan fingerprint density at radius 2 is 1.59 bits per heavy atom. The molecule has 0 fully saturated rings. The van der Waals surface area contributed by atoms with Crippen LogP contribution < -0.4 is 5.32 Å². The number of carbonyl (C=O) groups is 3. The minimum atomic E-state index is -4.27. The molecule has 0 aromatic heterocycles. The molecule has 0 aliphatic carbocycles. The fourth-order valence-electron chi connectivity index (χ4n) is 3.34. The number of nitrogens with one attached hydrogen (secondary N) is 1. The highest BCUT2D eigenvalue weighted by atomic mass is 31.2. The smallest absolute Gasteiger partial charge is 0.408 e. The van der Waals surface area contributed by atoms with Gasteiger partial charge in [0.15, 0.2) is 0 Å². The van der Waals surface area contributed by atoms with Gasteiger partial charge in [-0.25, -0.2) is 9.59 Å². The molecule has 0 saturated heterocycles. The van der Waals surface area contributed by atoms with Crippen molar-refractivity contribution in [2.24, 2.45) is 0 Å². The molecule has 0 aliphatic rings. The van der Waals surface area contributed by atoms with E-state index in [2.05, 4.69) is 5.32 Å². The van der Waals surface area contributed by atoms with E-state index in [1.807, 2.05) is 0 Å². The van der Waals surface area contributed by atoms with Gasteiger partial charge in [0.2, 0.25) is 7.37 Å². The van der Waals surface area contributed by atoms with Gasteiger partial charge in [-0.05, 0) is 32.8 Å². The molecule has 2 N–H and O–H groups in total. The van der Waals surface area contributed by atoms with Gasteiger partial charge < -0.3 is 33.5 Å². The number of alkyl carbamates (subject to hydrolysis) is 1. The number of benzene rings is 1. The molecule has 0 bridgehead atoms. The van der Waals surface area contributed by atoms with Crippen molar-refractivity contribution in [1.82, 2.24) is 5.32 Å². The molecule has 0 spiro atoms. The quantitative estimate of drug-likeness (QED) is 0.161. The molecule has 14 heteroatoms. The van der Waals surface area contributed by atoms with Crippen LogP contribution >= 0.6 is 15.0 Å². The summed E-state index contributed by atoms with van der Waals surface area (Å²) in [6.45, 7) is 4.82. The first-order valence-electron chi connectivity index (χ1n) is 11.9. The van der Waals surface area contributed by atoms with E-state index >= 15 is 0 Å². The average molecular weight is 565 g/mol. The highest BCUT2D eigenvalue weighted by Crippen LogP contribution is 2.58. The van der Waals surface area contributed by atoms with Crippen LogP contribution in [0.5, 0.6) is 0 Å². The van der Waals surface area contributed by atoms with Crippen molar-refractivity contribution in [1.29, 1.82) is 0 Å². The maximum atomic E-state index is 13.4. The standard InChI is InChI=1S/C23H37NO11P2/c1-5-32-21(25)15-19(17-37(30,34-6-2)35-7-3)36(28,29)14-13-20(22(26)31-4)24-23(27)33-16-18-11-9-8-10-12-18/h8-12,19-20H,5-7,13-17H2,1-4H3,(H,24,27)(H,28,29)/t19?,20-/m1/s1. The number of hydrogen-bond donors (Lipinski definition) is 2. The molecule has 0 saturated carbocycles. The summed E-state index contributed by atoms with van der Waals surface area (Å²) in [5, 5.41) is 2.34. The zero-order valence-electron chi connectivity index (χ0n) is 21.6. The van der Waals surface area contributed by atoms with Crippen LogP contribution in [-0.4, -0.2) is 73.9 Å². The Morgan fingerprint density at radius 1 is 0.973 bits per heavy atom. The lowest BCUT2D eigenvalue weighted by Gasteiger charge is -2.27. The fraction of sp³-hybridized carbons (Fsp3) is 0.609. The van der Waals surface area contributed by atoms with Gasteiger partial charge in [-0.1, -0.05) is 30.3 Å². The Hall–Kier alpha value is -2.23. The Balaban J connectivity index is 2.98. The molecule has 210 valence electrons. The molecule has 3 atom stereocenters. The van der Waals surface area contributed by atoms with Crippen molar-refractivity contribution in [3.63, 3.8) is 0 Å². The predicted octanol–water partition coefficient (Wildman–Crippen LogP) is 3.70. The van der Waals surface area contributed by atoms with Crippen LogP contribution in [0, 0.1) is 0 Å². The van der Waals surface area contributed by atoms with E-state index < -0.39 is 63.4 Å². The number of carbonyl (C=O) groups excluding carboxylic acids is 3. The highest BCUT2D eigenvalue weighted by Gasteiger charge is 2.41. The van der Waals surface area contributed by atoms with Crippen LogP contribution in [0.1, 0.15) is 39.2 Å². The first kappa shape index (κ1) is 32.8. The molecule has 0 radical (unpaired) electrons. The van der Waals surface area contributed by atoms with Gasteiger partial charge in [0.1, 0.15) is 12.6 Å². The van der Waals surface area contributed by atoms with Gasteiger partial charge >= 0.3 is 25.6 Å². The fourth-order valence-corrected chi connectivity index (χ4v) is 8.10. The highest BCUT2D eigenvalue weighted by molar-refractivity contribution is 7.61. The van der Waals surface area contributed by atoms with Crippen molar-refractivity contribution in [2.75, 3.05) is 39.3 Å². The van der Waals surface area contributed by atoms with Gasteiger partial charge in [0, 0.05) is 6.16 Å². The second kappa shape index (κ2) is 16.6. The summed E-state index contributed by atoms with van der Waals surface area (Å²) in [6.07, 6.45) is -2.76. The lowest BCUT2D eigenvalue weighted by atomic mass is 10.2.